The number of hydrogen-bond acceptors (Lipinski definition) is 4. The zero-order valence-electron chi connectivity index (χ0n) is 13.5. The highest BCUT2D eigenvalue weighted by Crippen LogP contribution is 2.30. The number of anilines is 1. The minimum Gasteiger partial charge on any atom is -0.393 e. The molecule has 4 nitrogen and oxygen atoms in total. The van der Waals surface area contributed by atoms with Crippen LogP contribution in [0.15, 0.2) is 35.0 Å². The van der Waals surface area contributed by atoms with Crippen LogP contribution in [-0.2, 0) is 0 Å². The van der Waals surface area contributed by atoms with Crippen molar-refractivity contribution in [3.05, 3.63) is 52.0 Å². The summed E-state index contributed by atoms with van der Waals surface area (Å²) in [5, 5.41) is 16.3. The average Bonchev–Trinajstić information content (AvgIpc) is 3.10. The molecule has 1 fully saturated rings. The molecule has 6 heteroatoms. The fraction of sp³-hybridized carbons (Fsp3) is 0.389. The minimum atomic E-state index is -0.317. The van der Waals surface area contributed by atoms with Crippen molar-refractivity contribution >= 4 is 22.9 Å². The van der Waals surface area contributed by atoms with Gasteiger partial charge in [0, 0.05) is 29.7 Å². The average molecular weight is 348 g/mol. The van der Waals surface area contributed by atoms with E-state index in [0.717, 1.165) is 24.3 Å². The van der Waals surface area contributed by atoms with Gasteiger partial charge >= 0.3 is 0 Å². The van der Waals surface area contributed by atoms with E-state index in [1.165, 1.54) is 23.5 Å². The molecule has 1 aromatic carbocycles. The summed E-state index contributed by atoms with van der Waals surface area (Å²) in [6.07, 6.45) is 1.14. The van der Waals surface area contributed by atoms with Gasteiger partial charge in [0.15, 0.2) is 0 Å². The van der Waals surface area contributed by atoms with E-state index in [9.17, 15) is 14.3 Å². The highest BCUT2D eigenvalue weighted by Gasteiger charge is 2.22. The van der Waals surface area contributed by atoms with Crippen molar-refractivity contribution in [1.82, 2.24) is 5.32 Å². The number of carbonyl (C=O) groups excluding carboxylic acids is 1. The van der Waals surface area contributed by atoms with Crippen LogP contribution < -0.4 is 10.2 Å². The lowest BCUT2D eigenvalue weighted by molar-refractivity contribution is 0.0940. The molecule has 1 aliphatic heterocycles. The van der Waals surface area contributed by atoms with E-state index in [4.69, 9.17) is 0 Å². The summed E-state index contributed by atoms with van der Waals surface area (Å²) >= 11 is 1.47. The van der Waals surface area contributed by atoms with Crippen molar-refractivity contribution in [1.29, 1.82) is 0 Å². The quantitative estimate of drug-likeness (QED) is 0.891. The van der Waals surface area contributed by atoms with Crippen LogP contribution in [0.4, 0.5) is 10.1 Å². The zero-order chi connectivity index (χ0) is 17.1. The number of hydrogen-bond donors (Lipinski definition) is 2. The summed E-state index contributed by atoms with van der Waals surface area (Å²) in [5.74, 6) is -0.476. The van der Waals surface area contributed by atoms with Crippen LogP contribution in [0, 0.1) is 5.82 Å². The van der Waals surface area contributed by atoms with Crippen LogP contribution in [0.25, 0.3) is 0 Å². The maximum atomic E-state index is 13.8. The monoisotopic (exact) mass is 348 g/mol. The first kappa shape index (κ1) is 16.9. The summed E-state index contributed by atoms with van der Waals surface area (Å²) in [5.41, 5.74) is 2.29. The van der Waals surface area contributed by atoms with E-state index >= 15 is 0 Å². The number of aliphatic hydroxyl groups is 1. The number of nitrogens with zero attached hydrogens (tertiary/aromatic N) is 1. The van der Waals surface area contributed by atoms with E-state index in [1.807, 2.05) is 12.3 Å². The van der Waals surface area contributed by atoms with Gasteiger partial charge in [0.1, 0.15) is 5.82 Å². The zero-order valence-corrected chi connectivity index (χ0v) is 14.4. The molecular weight excluding hydrogens is 327 g/mol. The van der Waals surface area contributed by atoms with E-state index in [1.54, 1.807) is 17.5 Å². The minimum absolute atomic E-state index is 0.159. The van der Waals surface area contributed by atoms with Crippen molar-refractivity contribution < 1.29 is 14.3 Å². The fourth-order valence-electron chi connectivity index (χ4n) is 3.02. The third-order valence-corrected chi connectivity index (χ3v) is 5.08. The third-order valence-electron chi connectivity index (χ3n) is 4.39. The maximum Gasteiger partial charge on any atom is 0.252 e. The molecule has 2 heterocycles. The molecule has 2 N–H and O–H groups in total. The number of amides is 1. The molecule has 128 valence electrons. The number of piperidine rings is 1. The van der Waals surface area contributed by atoms with Gasteiger partial charge < -0.3 is 15.3 Å². The Kier molecular flexibility index (Phi) is 5.16. The van der Waals surface area contributed by atoms with Gasteiger partial charge in [0.25, 0.3) is 5.91 Å². The first-order valence-electron chi connectivity index (χ1n) is 8.10. The molecule has 1 aromatic heterocycles. The second-order valence-electron chi connectivity index (χ2n) is 6.13. The Bertz CT molecular complexity index is 697. The lowest BCUT2D eigenvalue weighted by Crippen LogP contribution is -2.37. The second-order valence-corrected chi connectivity index (χ2v) is 6.91. The lowest BCUT2D eigenvalue weighted by atomic mass is 10.0. The van der Waals surface area contributed by atoms with Gasteiger partial charge in [-0.2, -0.15) is 11.3 Å². The molecular formula is C18H21FN2O2S. The van der Waals surface area contributed by atoms with Crippen molar-refractivity contribution in [3.63, 3.8) is 0 Å². The number of carbonyl (C=O) groups is 1. The molecule has 3 rings (SSSR count). The van der Waals surface area contributed by atoms with Gasteiger partial charge in [-0.1, -0.05) is 0 Å². The maximum absolute atomic E-state index is 13.8. The van der Waals surface area contributed by atoms with E-state index in [2.05, 4.69) is 10.2 Å². The van der Waals surface area contributed by atoms with Crippen molar-refractivity contribution in [3.8, 4) is 0 Å². The van der Waals surface area contributed by atoms with Crippen LogP contribution in [0.5, 0.6) is 0 Å². The predicted octanol–water partition coefficient (Wildman–Crippen LogP) is 3.34. The third kappa shape index (κ3) is 3.76. The van der Waals surface area contributed by atoms with E-state index < -0.39 is 0 Å². The molecule has 2 aromatic rings. The summed E-state index contributed by atoms with van der Waals surface area (Å²) < 4.78 is 13.8. The molecule has 0 bridgehead atoms. The van der Waals surface area contributed by atoms with Gasteiger partial charge in [-0.25, -0.2) is 4.39 Å². The molecule has 0 spiro atoms. The Hall–Kier alpha value is -1.92. The summed E-state index contributed by atoms with van der Waals surface area (Å²) in [4.78, 5) is 14.4. The first-order chi connectivity index (χ1) is 11.5. The lowest BCUT2D eigenvalue weighted by Gasteiger charge is -2.34. The molecule has 0 radical (unpaired) electrons. The fourth-order valence-corrected chi connectivity index (χ4v) is 3.65. The van der Waals surface area contributed by atoms with Crippen molar-refractivity contribution in [2.45, 2.75) is 31.9 Å². The van der Waals surface area contributed by atoms with Gasteiger partial charge in [-0.15, -0.1) is 0 Å². The van der Waals surface area contributed by atoms with Crippen molar-refractivity contribution in [2.24, 2.45) is 0 Å². The molecule has 0 saturated carbocycles. The first-order valence-corrected chi connectivity index (χ1v) is 9.04. The Morgan fingerprint density at radius 1 is 1.38 bits per heavy atom. The Morgan fingerprint density at radius 2 is 2.12 bits per heavy atom. The molecule has 1 atom stereocenters. The summed E-state index contributed by atoms with van der Waals surface area (Å²) in [6.45, 7) is 3.32. The van der Waals surface area contributed by atoms with E-state index in [-0.39, 0.29) is 23.9 Å². The van der Waals surface area contributed by atoms with Crippen LogP contribution in [0.2, 0.25) is 0 Å². The number of benzene rings is 1. The van der Waals surface area contributed by atoms with Gasteiger partial charge in [0.2, 0.25) is 0 Å². The smallest absolute Gasteiger partial charge is 0.252 e. The van der Waals surface area contributed by atoms with Gasteiger partial charge in [-0.3, -0.25) is 4.79 Å². The number of halogens is 1. The molecule has 1 aliphatic rings. The molecule has 1 saturated heterocycles. The second kappa shape index (κ2) is 7.32. The van der Waals surface area contributed by atoms with Crippen LogP contribution in [0.1, 0.15) is 41.7 Å². The molecule has 1 amide bonds. The molecule has 0 unspecified atom stereocenters. The Morgan fingerprint density at radius 3 is 2.79 bits per heavy atom. The highest BCUT2D eigenvalue weighted by atomic mass is 32.1. The van der Waals surface area contributed by atoms with Gasteiger partial charge in [-0.05, 0) is 49.4 Å². The van der Waals surface area contributed by atoms with Crippen LogP contribution >= 0.6 is 11.3 Å². The Balaban J connectivity index is 1.80. The number of nitrogens with one attached hydrogen (secondary N) is 1. The molecule has 24 heavy (non-hydrogen) atoms. The predicted molar refractivity (Wildman–Crippen MR) is 94.1 cm³/mol. The summed E-state index contributed by atoms with van der Waals surface area (Å²) in [6, 6.07) is 6.15. The van der Waals surface area contributed by atoms with Crippen LogP contribution in [0.3, 0.4) is 0 Å². The Labute approximate surface area is 144 Å². The number of aliphatic hydroxyl groups excluding tert-OH is 1. The molecule has 0 aliphatic carbocycles. The standard InChI is InChI=1S/C18H21FN2O2S/c1-12(20-18(23)13-6-9-24-11-13)16-10-14(19)2-3-17(16)21-7-4-15(22)5-8-21/h2-3,6,9-12,15,22H,4-5,7-8H2,1H3,(H,20,23)/t12-/m1/s1. The van der Waals surface area contributed by atoms with Gasteiger partial charge in [0.05, 0.1) is 17.7 Å². The summed E-state index contributed by atoms with van der Waals surface area (Å²) in [7, 11) is 0. The SMILES string of the molecule is C[C@@H](NC(=O)c1ccsc1)c1cc(F)ccc1N1CCC(O)CC1. The van der Waals surface area contributed by atoms with Crippen molar-refractivity contribution in [2.75, 3.05) is 18.0 Å². The van der Waals surface area contributed by atoms with Crippen LogP contribution in [-0.4, -0.2) is 30.2 Å². The normalized spacial score (nSPS) is 16.9. The largest absolute Gasteiger partial charge is 0.393 e. The number of rotatable bonds is 4. The van der Waals surface area contributed by atoms with E-state index in [0.29, 0.717) is 18.4 Å². The topological polar surface area (TPSA) is 52.6 Å². The number of thiophene rings is 1. The highest BCUT2D eigenvalue weighted by molar-refractivity contribution is 7.08.